The van der Waals surface area contributed by atoms with E-state index in [9.17, 15) is 0 Å². The Hall–Kier alpha value is -1.64. The summed E-state index contributed by atoms with van der Waals surface area (Å²) in [6.45, 7) is 6.70. The second kappa shape index (κ2) is 7.39. The van der Waals surface area contributed by atoms with Crippen LogP contribution in [0.25, 0.3) is 0 Å². The Morgan fingerprint density at radius 1 is 1.14 bits per heavy atom. The second-order valence-corrected chi connectivity index (χ2v) is 5.50. The maximum atomic E-state index is 6.18. The van der Waals surface area contributed by atoms with Crippen molar-refractivity contribution in [1.29, 1.82) is 0 Å². The molecule has 0 heterocycles. The lowest BCUT2D eigenvalue weighted by molar-refractivity contribution is 0.363. The second-order valence-electron chi connectivity index (χ2n) is 4.68. The van der Waals surface area contributed by atoms with Crippen molar-refractivity contribution in [2.45, 2.75) is 13.5 Å². The van der Waals surface area contributed by atoms with Crippen molar-refractivity contribution in [3.05, 3.63) is 70.2 Å². The van der Waals surface area contributed by atoms with Crippen LogP contribution in [0.2, 0.25) is 10.0 Å². The molecule has 0 aliphatic rings. The molecule has 110 valence electrons. The van der Waals surface area contributed by atoms with Gasteiger partial charge in [-0.3, -0.25) is 0 Å². The molecule has 0 fully saturated rings. The van der Waals surface area contributed by atoms with Gasteiger partial charge in [0, 0.05) is 17.3 Å². The van der Waals surface area contributed by atoms with E-state index in [4.69, 9.17) is 27.9 Å². The molecule has 0 atom stereocenters. The Morgan fingerprint density at radius 2 is 1.95 bits per heavy atom. The SMILES string of the molecule is C=CCOc1ccc(CNc2ccc(C)c(Cl)c2)cc1Cl. The number of aryl methyl sites for hydroxylation is 1. The lowest BCUT2D eigenvalue weighted by Gasteiger charge is -2.10. The average Bonchev–Trinajstić information content (AvgIpc) is 2.47. The van der Waals surface area contributed by atoms with E-state index in [-0.39, 0.29) is 0 Å². The van der Waals surface area contributed by atoms with E-state index in [1.807, 2.05) is 43.3 Å². The van der Waals surface area contributed by atoms with Gasteiger partial charge >= 0.3 is 0 Å². The summed E-state index contributed by atoms with van der Waals surface area (Å²) in [6, 6.07) is 11.6. The van der Waals surface area contributed by atoms with Gasteiger partial charge in [0.1, 0.15) is 12.4 Å². The van der Waals surface area contributed by atoms with Crippen molar-refractivity contribution < 1.29 is 4.74 Å². The molecule has 2 rings (SSSR count). The topological polar surface area (TPSA) is 21.3 Å². The zero-order chi connectivity index (χ0) is 15.2. The van der Waals surface area contributed by atoms with Crippen molar-refractivity contribution in [3.8, 4) is 5.75 Å². The van der Waals surface area contributed by atoms with E-state index >= 15 is 0 Å². The Balaban J connectivity index is 2.01. The largest absolute Gasteiger partial charge is 0.488 e. The first-order valence-electron chi connectivity index (χ1n) is 6.62. The highest BCUT2D eigenvalue weighted by atomic mass is 35.5. The number of hydrogen-bond donors (Lipinski definition) is 1. The van der Waals surface area contributed by atoms with Gasteiger partial charge in [0.2, 0.25) is 0 Å². The summed E-state index contributed by atoms with van der Waals surface area (Å²) in [5.41, 5.74) is 3.12. The van der Waals surface area contributed by atoms with E-state index in [0.717, 1.165) is 21.8 Å². The fraction of sp³-hybridized carbons (Fsp3) is 0.176. The third kappa shape index (κ3) is 4.42. The molecule has 0 saturated carbocycles. The molecule has 0 spiro atoms. The minimum absolute atomic E-state index is 0.444. The lowest BCUT2D eigenvalue weighted by Crippen LogP contribution is -2.00. The van der Waals surface area contributed by atoms with Gasteiger partial charge in [-0.15, -0.1) is 0 Å². The predicted molar refractivity (Wildman–Crippen MR) is 90.7 cm³/mol. The maximum absolute atomic E-state index is 6.18. The highest BCUT2D eigenvalue weighted by Gasteiger charge is 2.03. The van der Waals surface area contributed by atoms with Crippen LogP contribution < -0.4 is 10.1 Å². The number of anilines is 1. The molecule has 1 N–H and O–H groups in total. The van der Waals surface area contributed by atoms with Crippen LogP contribution in [0.5, 0.6) is 5.75 Å². The molecule has 0 aliphatic heterocycles. The van der Waals surface area contributed by atoms with E-state index < -0.39 is 0 Å². The van der Waals surface area contributed by atoms with Crippen LogP contribution in [-0.4, -0.2) is 6.61 Å². The monoisotopic (exact) mass is 321 g/mol. The first kappa shape index (κ1) is 15.7. The van der Waals surface area contributed by atoms with Gasteiger partial charge in [0.15, 0.2) is 0 Å². The van der Waals surface area contributed by atoms with Crippen LogP contribution in [0.4, 0.5) is 5.69 Å². The molecule has 0 amide bonds. The fourth-order valence-corrected chi connectivity index (χ4v) is 2.27. The number of hydrogen-bond acceptors (Lipinski definition) is 2. The quantitative estimate of drug-likeness (QED) is 0.711. The molecule has 0 unspecified atom stereocenters. The van der Waals surface area contributed by atoms with Crippen molar-refractivity contribution in [2.24, 2.45) is 0 Å². The number of benzene rings is 2. The van der Waals surface area contributed by atoms with Gasteiger partial charge in [0.25, 0.3) is 0 Å². The summed E-state index contributed by atoms with van der Waals surface area (Å²) in [7, 11) is 0. The molecular formula is C17H17Cl2NO. The molecule has 4 heteroatoms. The van der Waals surface area contributed by atoms with Gasteiger partial charge in [-0.05, 0) is 42.3 Å². The Kier molecular flexibility index (Phi) is 5.54. The zero-order valence-corrected chi connectivity index (χ0v) is 13.3. The predicted octanol–water partition coefficient (Wildman–Crippen LogP) is 5.48. The number of ether oxygens (including phenoxy) is 1. The Morgan fingerprint density at radius 3 is 2.62 bits per heavy atom. The summed E-state index contributed by atoms with van der Waals surface area (Å²) in [4.78, 5) is 0. The molecule has 0 radical (unpaired) electrons. The standard InChI is InChI=1S/C17H17Cl2NO/c1-3-8-21-17-7-5-13(9-16(17)19)11-20-14-6-4-12(2)15(18)10-14/h3-7,9-10,20H,1,8,11H2,2H3. The molecule has 2 nitrogen and oxygen atoms in total. The van der Waals surface area contributed by atoms with E-state index in [2.05, 4.69) is 11.9 Å². The minimum atomic E-state index is 0.444. The zero-order valence-electron chi connectivity index (χ0n) is 11.8. The van der Waals surface area contributed by atoms with Crippen LogP contribution in [-0.2, 0) is 6.54 Å². The molecule has 0 saturated heterocycles. The Labute approximate surface area is 135 Å². The molecule has 0 aromatic heterocycles. The van der Waals surface area contributed by atoms with E-state index in [0.29, 0.717) is 23.9 Å². The first-order chi connectivity index (χ1) is 10.1. The van der Waals surface area contributed by atoms with Gasteiger partial charge in [0.05, 0.1) is 5.02 Å². The van der Waals surface area contributed by atoms with Crippen molar-refractivity contribution >= 4 is 28.9 Å². The molecule has 0 aliphatic carbocycles. The van der Waals surface area contributed by atoms with E-state index in [1.165, 1.54) is 0 Å². The van der Waals surface area contributed by atoms with Gasteiger partial charge in [-0.1, -0.05) is 48.0 Å². The molecule has 2 aromatic rings. The van der Waals surface area contributed by atoms with Crippen LogP contribution in [0.1, 0.15) is 11.1 Å². The third-order valence-corrected chi connectivity index (χ3v) is 3.72. The highest BCUT2D eigenvalue weighted by Crippen LogP contribution is 2.26. The summed E-state index contributed by atoms with van der Waals surface area (Å²) in [5, 5.41) is 4.67. The summed E-state index contributed by atoms with van der Waals surface area (Å²) >= 11 is 12.3. The fourth-order valence-electron chi connectivity index (χ4n) is 1.83. The van der Waals surface area contributed by atoms with Crippen LogP contribution in [0, 0.1) is 6.92 Å². The van der Waals surface area contributed by atoms with Gasteiger partial charge < -0.3 is 10.1 Å². The molecule has 2 aromatic carbocycles. The van der Waals surface area contributed by atoms with Crippen LogP contribution in [0.15, 0.2) is 49.1 Å². The molecule has 0 bridgehead atoms. The maximum Gasteiger partial charge on any atom is 0.138 e. The van der Waals surface area contributed by atoms with E-state index in [1.54, 1.807) is 6.08 Å². The van der Waals surface area contributed by atoms with Crippen molar-refractivity contribution in [2.75, 3.05) is 11.9 Å². The average molecular weight is 322 g/mol. The third-order valence-electron chi connectivity index (χ3n) is 3.02. The lowest BCUT2D eigenvalue weighted by atomic mass is 10.2. The number of rotatable bonds is 6. The summed E-state index contributed by atoms with van der Waals surface area (Å²) in [5.74, 6) is 0.665. The van der Waals surface area contributed by atoms with Crippen molar-refractivity contribution in [3.63, 3.8) is 0 Å². The molecular weight excluding hydrogens is 305 g/mol. The van der Waals surface area contributed by atoms with Crippen LogP contribution >= 0.6 is 23.2 Å². The highest BCUT2D eigenvalue weighted by molar-refractivity contribution is 6.32. The van der Waals surface area contributed by atoms with Gasteiger partial charge in [-0.25, -0.2) is 0 Å². The number of halogens is 2. The van der Waals surface area contributed by atoms with Crippen LogP contribution in [0.3, 0.4) is 0 Å². The summed E-state index contributed by atoms with van der Waals surface area (Å²) in [6.07, 6.45) is 1.69. The normalized spacial score (nSPS) is 10.2. The molecule has 21 heavy (non-hydrogen) atoms. The summed E-state index contributed by atoms with van der Waals surface area (Å²) < 4.78 is 5.44. The first-order valence-corrected chi connectivity index (χ1v) is 7.38. The van der Waals surface area contributed by atoms with Crippen molar-refractivity contribution in [1.82, 2.24) is 0 Å². The Bertz CT molecular complexity index is 641. The minimum Gasteiger partial charge on any atom is -0.488 e. The smallest absolute Gasteiger partial charge is 0.138 e. The number of nitrogens with one attached hydrogen (secondary N) is 1. The van der Waals surface area contributed by atoms with Gasteiger partial charge in [-0.2, -0.15) is 0 Å².